The molecule has 5 aromatic heterocycles. The van der Waals surface area contributed by atoms with Gasteiger partial charge in [-0.25, -0.2) is 9.97 Å². The fourth-order valence-electron chi connectivity index (χ4n) is 7.52. The fraction of sp³-hybridized carbons (Fsp3) is 0.0208. The first kappa shape index (κ1) is 31.4. The quantitative estimate of drug-likeness (QED) is 0.175. The predicted molar refractivity (Wildman–Crippen MR) is 220 cm³/mol. The van der Waals surface area contributed by atoms with Crippen molar-refractivity contribution in [2.75, 3.05) is 6.54 Å². The van der Waals surface area contributed by atoms with Gasteiger partial charge in [-0.2, -0.15) is 0 Å². The van der Waals surface area contributed by atoms with Crippen molar-refractivity contribution in [1.29, 1.82) is 0 Å². The van der Waals surface area contributed by atoms with Gasteiger partial charge in [0.15, 0.2) is 0 Å². The molecule has 0 bridgehead atoms. The minimum absolute atomic E-state index is 0.761. The van der Waals surface area contributed by atoms with Crippen LogP contribution in [-0.2, 0) is 0 Å². The monoisotopic (exact) mass is 692 g/mol. The highest BCUT2D eigenvalue weighted by Gasteiger charge is 2.15. The number of fused-ring (bicyclic) bond motifs is 6. The predicted octanol–water partition coefficient (Wildman–Crippen LogP) is 10.8. The second-order valence-corrected chi connectivity index (χ2v) is 13.5. The fourth-order valence-corrected chi connectivity index (χ4v) is 7.52. The van der Waals surface area contributed by atoms with Crippen LogP contribution in [0.1, 0.15) is 11.3 Å². The molecule has 6 nitrogen and oxygen atoms in total. The van der Waals surface area contributed by atoms with E-state index in [1.165, 1.54) is 37.9 Å². The average Bonchev–Trinajstić information content (AvgIpc) is 3.27. The van der Waals surface area contributed by atoms with E-state index in [9.17, 15) is 0 Å². The van der Waals surface area contributed by atoms with Crippen molar-refractivity contribution in [1.82, 2.24) is 30.2 Å². The van der Waals surface area contributed by atoms with Crippen molar-refractivity contribution >= 4 is 43.5 Å². The van der Waals surface area contributed by atoms with Crippen LogP contribution in [-0.4, -0.2) is 31.5 Å². The van der Waals surface area contributed by atoms with Crippen molar-refractivity contribution in [2.24, 2.45) is 0 Å². The van der Waals surface area contributed by atoms with Crippen molar-refractivity contribution in [3.63, 3.8) is 0 Å². The summed E-state index contributed by atoms with van der Waals surface area (Å²) >= 11 is 0. The minimum Gasteiger partial charge on any atom is -0.386 e. The third kappa shape index (κ3) is 5.76. The van der Waals surface area contributed by atoms with Crippen molar-refractivity contribution in [3.8, 4) is 44.9 Å². The zero-order chi connectivity index (χ0) is 35.8. The first-order valence-electron chi connectivity index (χ1n) is 18.0. The number of nitrogens with one attached hydrogen (secondary N) is 1. The Kier molecular flexibility index (Phi) is 7.77. The van der Waals surface area contributed by atoms with Crippen LogP contribution in [0, 0.1) is 0 Å². The van der Waals surface area contributed by atoms with Gasteiger partial charge in [0.25, 0.3) is 0 Å². The summed E-state index contributed by atoms with van der Waals surface area (Å²) in [5, 5.41) is 10.7. The number of pyridine rings is 5. The van der Waals surface area contributed by atoms with E-state index in [1.54, 1.807) is 12.4 Å². The van der Waals surface area contributed by atoms with E-state index in [0.717, 1.165) is 68.3 Å². The molecule has 0 unspecified atom stereocenters. The molecule has 9 aromatic rings. The molecule has 0 saturated heterocycles. The maximum absolute atomic E-state index is 5.19. The van der Waals surface area contributed by atoms with Crippen LogP contribution < -0.4 is 5.32 Å². The summed E-state index contributed by atoms with van der Waals surface area (Å²) in [5.74, 6) is 0. The maximum Gasteiger partial charge on any atom is 0.0725 e. The largest absolute Gasteiger partial charge is 0.386 e. The van der Waals surface area contributed by atoms with E-state index in [2.05, 4.69) is 130 Å². The van der Waals surface area contributed by atoms with Gasteiger partial charge in [-0.3, -0.25) is 15.0 Å². The summed E-state index contributed by atoms with van der Waals surface area (Å²) in [7, 11) is 0. The number of dihydropyridines is 1. The SMILES string of the molecule is C1=C(c2ccncc2)CNC=C1c1cccc(-c2ccc3c4ccccc4c4ccc(-c5cccc(-c6cncc(-c7ccncc7)c6)n5)cc4c3c2)n1. The first-order valence-corrected chi connectivity index (χ1v) is 18.0. The van der Waals surface area contributed by atoms with E-state index < -0.39 is 0 Å². The van der Waals surface area contributed by atoms with Crippen LogP contribution in [0.25, 0.3) is 88.4 Å². The molecule has 0 amide bonds. The number of hydrogen-bond acceptors (Lipinski definition) is 6. The molecule has 0 radical (unpaired) electrons. The number of hydrogen-bond donors (Lipinski definition) is 1. The molecular weight excluding hydrogens is 661 g/mol. The highest BCUT2D eigenvalue weighted by Crippen LogP contribution is 2.39. The molecule has 10 rings (SSSR count). The summed E-state index contributed by atoms with van der Waals surface area (Å²) < 4.78 is 0. The molecule has 0 fully saturated rings. The van der Waals surface area contributed by atoms with Crippen LogP contribution in [0.4, 0.5) is 0 Å². The van der Waals surface area contributed by atoms with Crippen LogP contribution in [0.2, 0.25) is 0 Å². The zero-order valence-corrected chi connectivity index (χ0v) is 29.2. The van der Waals surface area contributed by atoms with E-state index in [4.69, 9.17) is 9.97 Å². The molecule has 1 aliphatic heterocycles. The summed E-state index contributed by atoms with van der Waals surface area (Å²) in [6.07, 6.45) is 15.3. The Morgan fingerprint density at radius 1 is 0.389 bits per heavy atom. The standard InChI is InChI=1S/C48H32N6/c1-2-6-40-39(5-1)41-13-11-33(45-7-3-9-47(53-45)37-23-35(27-51-29-37)31-15-19-49-20-16-31)25-43(41)44-26-34(12-14-42(40)44)46-8-4-10-48(54-46)38-24-36(28-52-30-38)32-17-21-50-22-18-32/h1-27,29-30,52H,28H2. The minimum atomic E-state index is 0.761. The molecule has 0 atom stereocenters. The molecule has 0 aliphatic carbocycles. The molecule has 6 heteroatoms. The highest BCUT2D eigenvalue weighted by molar-refractivity contribution is 6.26. The number of nitrogens with zero attached hydrogens (tertiary/aromatic N) is 5. The molecular formula is C48H32N6. The number of benzene rings is 4. The molecule has 0 saturated carbocycles. The lowest BCUT2D eigenvalue weighted by molar-refractivity contribution is 0.987. The van der Waals surface area contributed by atoms with E-state index in [1.807, 2.05) is 55.1 Å². The van der Waals surface area contributed by atoms with Gasteiger partial charge >= 0.3 is 0 Å². The maximum atomic E-state index is 5.19. The molecule has 6 heterocycles. The summed E-state index contributed by atoms with van der Waals surface area (Å²) in [4.78, 5) is 23.2. The molecule has 4 aromatic carbocycles. The van der Waals surface area contributed by atoms with Crippen LogP contribution in [0.3, 0.4) is 0 Å². The third-order valence-electron chi connectivity index (χ3n) is 10.2. The summed E-state index contributed by atoms with van der Waals surface area (Å²) in [6.45, 7) is 0.761. The molecule has 254 valence electrons. The molecule has 1 aliphatic rings. The van der Waals surface area contributed by atoms with Gasteiger partial charge < -0.3 is 5.32 Å². The lowest BCUT2D eigenvalue weighted by atomic mass is 9.91. The molecule has 1 N–H and O–H groups in total. The van der Waals surface area contributed by atoms with Gasteiger partial charge in [0.05, 0.1) is 22.8 Å². The van der Waals surface area contributed by atoms with Gasteiger partial charge in [-0.1, -0.05) is 60.7 Å². The Morgan fingerprint density at radius 3 is 1.57 bits per heavy atom. The number of aromatic nitrogens is 5. The highest BCUT2D eigenvalue weighted by atomic mass is 14.8. The lowest BCUT2D eigenvalue weighted by Crippen LogP contribution is -2.14. The Morgan fingerprint density at radius 2 is 0.926 bits per heavy atom. The van der Waals surface area contributed by atoms with Gasteiger partial charge in [0.1, 0.15) is 0 Å². The zero-order valence-electron chi connectivity index (χ0n) is 29.2. The van der Waals surface area contributed by atoms with Gasteiger partial charge in [-0.15, -0.1) is 0 Å². The van der Waals surface area contributed by atoms with Crippen molar-refractivity contribution in [2.45, 2.75) is 0 Å². The van der Waals surface area contributed by atoms with E-state index >= 15 is 0 Å². The summed E-state index contributed by atoms with van der Waals surface area (Å²) in [6, 6.07) is 44.8. The Bertz CT molecular complexity index is 2930. The van der Waals surface area contributed by atoms with Crippen molar-refractivity contribution in [3.05, 3.63) is 188 Å². The van der Waals surface area contributed by atoms with Crippen LogP contribution in [0.15, 0.2) is 177 Å². The normalized spacial score (nSPS) is 12.7. The van der Waals surface area contributed by atoms with Crippen LogP contribution >= 0.6 is 0 Å². The topological polar surface area (TPSA) is 76.5 Å². The lowest BCUT2D eigenvalue weighted by Gasteiger charge is -2.16. The Hall–Kier alpha value is -7.31. The second-order valence-electron chi connectivity index (χ2n) is 13.5. The number of allylic oxidation sites excluding steroid dienone is 2. The Balaban J connectivity index is 1.07. The number of rotatable bonds is 6. The smallest absolute Gasteiger partial charge is 0.0725 e. The third-order valence-corrected chi connectivity index (χ3v) is 10.2. The van der Waals surface area contributed by atoms with Crippen molar-refractivity contribution < 1.29 is 0 Å². The average molecular weight is 693 g/mol. The van der Waals surface area contributed by atoms with Gasteiger partial charge in [-0.05, 0) is 122 Å². The molecule has 0 spiro atoms. The Labute approximate surface area is 312 Å². The summed E-state index contributed by atoms with van der Waals surface area (Å²) in [5.41, 5.74) is 12.2. The van der Waals surface area contributed by atoms with Crippen LogP contribution in [0.5, 0.6) is 0 Å². The van der Waals surface area contributed by atoms with Gasteiger partial charge in [0, 0.05) is 77.8 Å². The molecule has 54 heavy (non-hydrogen) atoms. The van der Waals surface area contributed by atoms with E-state index in [-0.39, 0.29) is 0 Å². The second kappa shape index (κ2) is 13.3. The van der Waals surface area contributed by atoms with E-state index in [0.29, 0.717) is 0 Å². The first-order chi connectivity index (χ1) is 26.7. The van der Waals surface area contributed by atoms with Gasteiger partial charge in [0.2, 0.25) is 0 Å².